The molecule has 0 fully saturated rings. The molecular weight excluding hydrogens is 504 g/mol. The lowest BCUT2D eigenvalue weighted by atomic mass is 10.2. The van der Waals surface area contributed by atoms with Crippen molar-refractivity contribution in [3.8, 4) is 0 Å². The second-order valence-corrected chi connectivity index (χ2v) is 10.1. The molecule has 3 rings (SSSR count). The van der Waals surface area contributed by atoms with Gasteiger partial charge in [0.15, 0.2) is 0 Å². The van der Waals surface area contributed by atoms with Crippen molar-refractivity contribution in [2.45, 2.75) is 85.5 Å². The molecule has 0 saturated carbocycles. The Bertz CT molecular complexity index is 1700. The van der Waals surface area contributed by atoms with Crippen LogP contribution in [0.2, 0.25) is 0 Å². The zero-order chi connectivity index (χ0) is 28.9. The minimum Gasteiger partial charge on any atom is -0.300 e. The quantitative estimate of drug-likeness (QED) is 0.304. The van der Waals surface area contributed by atoms with Gasteiger partial charge in [0.1, 0.15) is 0 Å². The third-order valence-electron chi connectivity index (χ3n) is 7.17. The molecule has 0 unspecified atom stereocenters. The van der Waals surface area contributed by atoms with E-state index in [0.29, 0.717) is 68.7 Å². The van der Waals surface area contributed by atoms with E-state index in [0.717, 1.165) is 15.6 Å². The Labute approximate surface area is 225 Å². The molecule has 212 valence electrons. The molecule has 0 aliphatic heterocycles. The molecule has 0 spiro atoms. The molecular formula is C27H38N6O6. The first-order valence-electron chi connectivity index (χ1n) is 13.3. The normalized spacial score (nSPS) is 11.3. The van der Waals surface area contributed by atoms with Crippen molar-refractivity contribution in [1.82, 2.24) is 27.4 Å². The fraction of sp³-hybridized carbons (Fsp3) is 0.556. The van der Waals surface area contributed by atoms with Gasteiger partial charge in [-0.3, -0.25) is 37.2 Å². The predicted octanol–water partition coefficient (Wildman–Crippen LogP) is 0.397. The zero-order valence-electron chi connectivity index (χ0n) is 23.4. The number of rotatable bonds is 12. The highest BCUT2D eigenvalue weighted by atomic mass is 16.2. The summed E-state index contributed by atoms with van der Waals surface area (Å²) in [5.74, 6) is 0. The van der Waals surface area contributed by atoms with Gasteiger partial charge in [-0.1, -0.05) is 0 Å². The molecule has 0 aliphatic rings. The smallest absolute Gasteiger partial charge is 0.300 e. The van der Waals surface area contributed by atoms with Gasteiger partial charge >= 0.3 is 17.1 Å². The Morgan fingerprint density at radius 3 is 1.41 bits per heavy atom. The van der Waals surface area contributed by atoms with Crippen LogP contribution >= 0.6 is 0 Å². The van der Waals surface area contributed by atoms with Gasteiger partial charge in [0.05, 0.1) is 0 Å². The first kappa shape index (κ1) is 29.6. The Balaban J connectivity index is 1.55. The highest BCUT2D eigenvalue weighted by Crippen LogP contribution is 2.03. The first-order valence-corrected chi connectivity index (χ1v) is 13.3. The molecule has 0 aliphatic carbocycles. The van der Waals surface area contributed by atoms with Gasteiger partial charge in [-0.05, 0) is 59.3 Å². The topological polar surface area (TPSA) is 132 Å². The largest absolute Gasteiger partial charge is 0.330 e. The molecule has 0 atom stereocenters. The van der Waals surface area contributed by atoms with E-state index in [1.54, 1.807) is 40.7 Å². The second-order valence-electron chi connectivity index (χ2n) is 10.1. The van der Waals surface area contributed by atoms with Gasteiger partial charge in [-0.2, -0.15) is 0 Å². The zero-order valence-corrected chi connectivity index (χ0v) is 23.4. The summed E-state index contributed by atoms with van der Waals surface area (Å²) in [6, 6.07) is 2.88. The van der Waals surface area contributed by atoms with Crippen molar-refractivity contribution < 1.29 is 0 Å². The van der Waals surface area contributed by atoms with Crippen LogP contribution in [0, 0.1) is 20.8 Å². The van der Waals surface area contributed by atoms with E-state index in [9.17, 15) is 28.8 Å². The minimum atomic E-state index is -0.352. The number of nitrogens with zero attached hydrogens (tertiary/aromatic N) is 6. The lowest BCUT2D eigenvalue weighted by molar-refractivity contribution is 0.471. The number of hydrogen-bond acceptors (Lipinski definition) is 6. The number of aryl methyl sites for hydroxylation is 4. The van der Waals surface area contributed by atoms with Gasteiger partial charge in [-0.15, -0.1) is 0 Å². The van der Waals surface area contributed by atoms with Gasteiger partial charge in [-0.25, -0.2) is 14.4 Å². The summed E-state index contributed by atoms with van der Waals surface area (Å²) in [7, 11) is 2.91. The van der Waals surface area contributed by atoms with Crippen molar-refractivity contribution in [2.75, 3.05) is 0 Å². The standard InChI is InChI=1S/C27H38N6O6/c1-19-18-30(12-8-6-9-13-31-20(2)16-22(34)28(4)25(31)37)27(39)33(24(19)36)15-11-7-10-14-32-21(3)17-23(35)29(5)26(32)38/h16-18H,6-15H2,1-5H3. The molecule has 0 saturated heterocycles. The third-order valence-corrected chi connectivity index (χ3v) is 7.17. The monoisotopic (exact) mass is 542 g/mol. The molecule has 3 aromatic heterocycles. The van der Waals surface area contributed by atoms with Crippen molar-refractivity contribution in [2.24, 2.45) is 14.1 Å². The molecule has 0 bridgehead atoms. The van der Waals surface area contributed by atoms with Gasteiger partial charge in [0.25, 0.3) is 16.7 Å². The average Bonchev–Trinajstić information content (AvgIpc) is 2.89. The fourth-order valence-corrected chi connectivity index (χ4v) is 4.71. The van der Waals surface area contributed by atoms with E-state index in [2.05, 4.69) is 0 Å². The van der Waals surface area contributed by atoms with Crippen molar-refractivity contribution >= 4 is 0 Å². The number of aromatic nitrogens is 6. The van der Waals surface area contributed by atoms with Crippen LogP contribution < -0.4 is 33.7 Å². The summed E-state index contributed by atoms with van der Waals surface area (Å²) >= 11 is 0. The molecule has 0 radical (unpaired) electrons. The average molecular weight is 543 g/mol. The summed E-state index contributed by atoms with van der Waals surface area (Å²) in [6.07, 6.45) is 5.76. The van der Waals surface area contributed by atoms with Gasteiger partial charge < -0.3 is 4.57 Å². The molecule has 12 heteroatoms. The summed E-state index contributed by atoms with van der Waals surface area (Å²) in [5.41, 5.74) is -0.269. The van der Waals surface area contributed by atoms with Crippen LogP contribution in [0.5, 0.6) is 0 Å². The van der Waals surface area contributed by atoms with Crippen LogP contribution in [-0.4, -0.2) is 27.4 Å². The molecule has 12 nitrogen and oxygen atoms in total. The van der Waals surface area contributed by atoms with Crippen LogP contribution in [-0.2, 0) is 40.3 Å². The summed E-state index contributed by atoms with van der Waals surface area (Å²) < 4.78 is 8.14. The first-order chi connectivity index (χ1) is 18.4. The number of unbranched alkanes of at least 4 members (excludes halogenated alkanes) is 4. The van der Waals surface area contributed by atoms with Crippen LogP contribution in [0.3, 0.4) is 0 Å². The fourth-order valence-electron chi connectivity index (χ4n) is 4.71. The van der Waals surface area contributed by atoms with Crippen LogP contribution in [0.1, 0.15) is 55.5 Å². The van der Waals surface area contributed by atoms with Crippen LogP contribution in [0.25, 0.3) is 0 Å². The van der Waals surface area contributed by atoms with Crippen LogP contribution in [0.15, 0.2) is 47.1 Å². The van der Waals surface area contributed by atoms with E-state index < -0.39 is 0 Å². The van der Waals surface area contributed by atoms with E-state index in [1.807, 2.05) is 0 Å². The maximum absolute atomic E-state index is 13.0. The van der Waals surface area contributed by atoms with Crippen molar-refractivity contribution in [3.05, 3.63) is 97.8 Å². The van der Waals surface area contributed by atoms with Crippen LogP contribution in [0.4, 0.5) is 0 Å². The molecule has 3 aromatic rings. The summed E-state index contributed by atoms with van der Waals surface area (Å²) in [5, 5.41) is 0. The molecule has 0 amide bonds. The van der Waals surface area contributed by atoms with Gasteiger partial charge in [0.2, 0.25) is 0 Å². The Hall–Kier alpha value is -3.96. The summed E-state index contributed by atoms with van der Waals surface area (Å²) in [6.45, 7) is 6.84. The second kappa shape index (κ2) is 12.7. The maximum atomic E-state index is 13.0. The Morgan fingerprint density at radius 1 is 0.538 bits per heavy atom. The van der Waals surface area contributed by atoms with Gasteiger partial charge in [0, 0.05) is 75.6 Å². The number of hydrogen-bond donors (Lipinski definition) is 0. The van der Waals surface area contributed by atoms with E-state index >= 15 is 0 Å². The lowest BCUT2D eigenvalue weighted by Gasteiger charge is -2.13. The lowest BCUT2D eigenvalue weighted by Crippen LogP contribution is -2.40. The van der Waals surface area contributed by atoms with Crippen molar-refractivity contribution in [3.63, 3.8) is 0 Å². The molecule has 0 N–H and O–H groups in total. The highest BCUT2D eigenvalue weighted by Gasteiger charge is 2.10. The molecule has 0 aromatic carbocycles. The third kappa shape index (κ3) is 6.73. The van der Waals surface area contributed by atoms with E-state index in [4.69, 9.17) is 0 Å². The Morgan fingerprint density at radius 2 is 0.949 bits per heavy atom. The molecule has 3 heterocycles. The minimum absolute atomic E-state index is 0.287. The highest BCUT2D eigenvalue weighted by molar-refractivity contribution is 5.03. The predicted molar refractivity (Wildman–Crippen MR) is 149 cm³/mol. The Kier molecular flexibility index (Phi) is 9.66. The van der Waals surface area contributed by atoms with E-state index in [1.165, 1.54) is 30.8 Å². The summed E-state index contributed by atoms with van der Waals surface area (Å²) in [4.78, 5) is 73.8. The SMILES string of the molecule is Cc1cn(CCCCCn2c(C)cc(=O)n(C)c2=O)c(=O)n(CCCCCn2c(C)cc(=O)n(C)c2=O)c1=O. The maximum Gasteiger partial charge on any atom is 0.330 e. The van der Waals surface area contributed by atoms with Crippen molar-refractivity contribution in [1.29, 1.82) is 0 Å². The van der Waals surface area contributed by atoms with E-state index in [-0.39, 0.29) is 40.3 Å². The molecule has 39 heavy (non-hydrogen) atoms.